The summed E-state index contributed by atoms with van der Waals surface area (Å²) in [6.07, 6.45) is 6.97. The number of hydrogen-bond donors (Lipinski definition) is 2. The number of quaternary nitrogens is 2. The van der Waals surface area contributed by atoms with Crippen molar-refractivity contribution in [3.8, 4) is 0 Å². The molecule has 0 amide bonds. The van der Waals surface area contributed by atoms with Gasteiger partial charge in [0.1, 0.15) is 31.9 Å². The Bertz CT molecular complexity index is 898. The highest BCUT2D eigenvalue weighted by Gasteiger charge is 2.34. The summed E-state index contributed by atoms with van der Waals surface area (Å²) in [5.41, 5.74) is 0. The van der Waals surface area contributed by atoms with Gasteiger partial charge in [0, 0.05) is 0 Å². The smallest absolute Gasteiger partial charge is 0.184 e. The fraction of sp³-hybridized carbons (Fsp3) is 0.565. The summed E-state index contributed by atoms with van der Waals surface area (Å²) in [5, 5.41) is 2.08. The van der Waals surface area contributed by atoms with Gasteiger partial charge in [0.25, 0.3) is 0 Å². The van der Waals surface area contributed by atoms with Crippen LogP contribution in [0.1, 0.15) is 39.0 Å². The maximum Gasteiger partial charge on any atom is 0.184 e. The van der Waals surface area contributed by atoms with Crippen molar-refractivity contribution in [2.24, 2.45) is 0 Å². The van der Waals surface area contributed by atoms with Gasteiger partial charge in [0.2, 0.25) is 0 Å². The van der Waals surface area contributed by atoms with Gasteiger partial charge in [-0.05, 0) is 55.5 Å². The van der Waals surface area contributed by atoms with Crippen molar-refractivity contribution >= 4 is 20.6 Å². The standard InChI is InChI=1S/C23H32N2O2S/c1-19(24-13-15-25(16-14-24)22-9-3-2-4-10-22)18-28(26,27)23-12-11-20-7-5-6-8-21(20)17-23/h5-8,11-12,17,19,22H,2-4,9-10,13-16,18H2,1H3/p+2/t19-/m1/s1. The normalized spacial score (nSPS) is 25.6. The van der Waals surface area contributed by atoms with Crippen LogP contribution in [0.2, 0.25) is 0 Å². The van der Waals surface area contributed by atoms with E-state index in [0.29, 0.717) is 4.90 Å². The Balaban J connectivity index is 1.37. The molecular weight excluding hydrogens is 368 g/mol. The number of piperazine rings is 1. The van der Waals surface area contributed by atoms with Gasteiger partial charge in [-0.15, -0.1) is 0 Å². The van der Waals surface area contributed by atoms with Crippen molar-refractivity contribution in [2.75, 3.05) is 31.9 Å². The molecule has 1 aliphatic carbocycles. The lowest BCUT2D eigenvalue weighted by molar-refractivity contribution is -1.03. The van der Waals surface area contributed by atoms with Crippen LogP contribution in [0.15, 0.2) is 47.4 Å². The van der Waals surface area contributed by atoms with E-state index in [4.69, 9.17) is 0 Å². The predicted molar refractivity (Wildman–Crippen MR) is 114 cm³/mol. The van der Waals surface area contributed by atoms with Crippen LogP contribution in [0.3, 0.4) is 0 Å². The lowest BCUT2D eigenvalue weighted by Gasteiger charge is -2.38. The van der Waals surface area contributed by atoms with Gasteiger partial charge in [-0.25, -0.2) is 8.42 Å². The van der Waals surface area contributed by atoms with Gasteiger partial charge in [-0.2, -0.15) is 0 Å². The molecule has 2 fully saturated rings. The second kappa shape index (κ2) is 8.52. The summed E-state index contributed by atoms with van der Waals surface area (Å²) in [6.45, 7) is 6.70. The first-order chi connectivity index (χ1) is 13.5. The van der Waals surface area contributed by atoms with Gasteiger partial charge in [-0.1, -0.05) is 36.8 Å². The fourth-order valence-corrected chi connectivity index (χ4v) is 6.88. The van der Waals surface area contributed by atoms with E-state index in [0.717, 1.165) is 29.9 Å². The van der Waals surface area contributed by atoms with E-state index < -0.39 is 9.84 Å². The molecule has 4 nitrogen and oxygen atoms in total. The number of nitrogens with one attached hydrogen (secondary N) is 2. The SMILES string of the molecule is C[C@H](CS(=O)(=O)c1ccc2ccccc2c1)[NH+]1CC[NH+](C2CCCCC2)CC1. The Morgan fingerprint density at radius 2 is 1.61 bits per heavy atom. The van der Waals surface area contributed by atoms with Crippen LogP contribution in [0.4, 0.5) is 0 Å². The van der Waals surface area contributed by atoms with E-state index in [2.05, 4.69) is 6.92 Å². The quantitative estimate of drug-likeness (QED) is 0.787. The first-order valence-electron chi connectivity index (χ1n) is 10.9. The first-order valence-corrected chi connectivity index (χ1v) is 12.6. The summed E-state index contributed by atoms with van der Waals surface area (Å²) in [6, 6.07) is 14.5. The third kappa shape index (κ3) is 4.42. The van der Waals surface area contributed by atoms with Gasteiger partial charge >= 0.3 is 0 Å². The highest BCUT2D eigenvalue weighted by molar-refractivity contribution is 7.91. The van der Waals surface area contributed by atoms with Crippen molar-refractivity contribution in [2.45, 2.75) is 56.0 Å². The highest BCUT2D eigenvalue weighted by atomic mass is 32.2. The van der Waals surface area contributed by atoms with Gasteiger partial charge in [0.05, 0.1) is 17.0 Å². The lowest BCUT2D eigenvalue weighted by Crippen LogP contribution is -3.31. The molecule has 1 saturated carbocycles. The zero-order chi connectivity index (χ0) is 19.6. The number of benzene rings is 2. The molecule has 2 aliphatic rings. The second-order valence-electron chi connectivity index (χ2n) is 8.84. The molecule has 1 atom stereocenters. The predicted octanol–water partition coefficient (Wildman–Crippen LogP) is 1.12. The number of hydrogen-bond acceptors (Lipinski definition) is 2. The van der Waals surface area contributed by atoms with E-state index in [9.17, 15) is 8.42 Å². The van der Waals surface area contributed by atoms with Crippen LogP contribution >= 0.6 is 0 Å². The molecule has 0 aromatic heterocycles. The molecule has 0 spiro atoms. The van der Waals surface area contributed by atoms with Crippen molar-refractivity contribution in [3.05, 3.63) is 42.5 Å². The lowest BCUT2D eigenvalue weighted by atomic mass is 9.94. The first kappa shape index (κ1) is 19.9. The van der Waals surface area contributed by atoms with Crippen molar-refractivity contribution in [1.29, 1.82) is 0 Å². The fourth-order valence-electron chi connectivity index (χ4n) is 5.21. The Morgan fingerprint density at radius 1 is 0.929 bits per heavy atom. The summed E-state index contributed by atoms with van der Waals surface area (Å²) in [5.74, 6) is 0.236. The monoisotopic (exact) mass is 402 g/mol. The average molecular weight is 403 g/mol. The largest absolute Gasteiger partial charge is 0.323 e. The molecular formula is C23H34N2O2S+2. The summed E-state index contributed by atoms with van der Waals surface area (Å²) in [4.78, 5) is 3.70. The molecule has 1 heterocycles. The molecule has 4 rings (SSSR count). The minimum absolute atomic E-state index is 0.143. The van der Waals surface area contributed by atoms with Crippen molar-refractivity contribution in [1.82, 2.24) is 0 Å². The molecule has 0 unspecified atom stereocenters. The number of sulfone groups is 1. The van der Waals surface area contributed by atoms with Gasteiger partial charge < -0.3 is 9.80 Å². The maximum atomic E-state index is 13.0. The van der Waals surface area contributed by atoms with Crippen LogP contribution in [-0.2, 0) is 9.84 Å². The molecule has 1 aliphatic heterocycles. The summed E-state index contributed by atoms with van der Waals surface area (Å²) < 4.78 is 26.0. The minimum atomic E-state index is -3.26. The molecule has 2 aromatic rings. The van der Waals surface area contributed by atoms with E-state index in [1.807, 2.05) is 36.4 Å². The molecule has 0 bridgehead atoms. The highest BCUT2D eigenvalue weighted by Crippen LogP contribution is 2.20. The van der Waals surface area contributed by atoms with E-state index >= 15 is 0 Å². The average Bonchev–Trinajstić information content (AvgIpc) is 2.74. The molecule has 0 radical (unpaired) electrons. The molecule has 2 N–H and O–H groups in total. The molecule has 152 valence electrons. The Morgan fingerprint density at radius 3 is 2.32 bits per heavy atom. The van der Waals surface area contributed by atoms with Crippen molar-refractivity contribution in [3.63, 3.8) is 0 Å². The van der Waals surface area contributed by atoms with Crippen molar-refractivity contribution < 1.29 is 18.2 Å². The Kier molecular flexibility index (Phi) is 6.04. The zero-order valence-electron chi connectivity index (χ0n) is 17.0. The molecule has 1 saturated heterocycles. The Labute approximate surface area is 169 Å². The van der Waals surface area contributed by atoms with Crippen LogP contribution in [0.25, 0.3) is 10.8 Å². The molecule has 5 heteroatoms. The zero-order valence-corrected chi connectivity index (χ0v) is 17.8. The third-order valence-corrected chi connectivity index (χ3v) is 8.87. The minimum Gasteiger partial charge on any atom is -0.323 e. The second-order valence-corrected chi connectivity index (χ2v) is 10.9. The third-order valence-electron chi connectivity index (χ3n) is 6.96. The summed E-state index contributed by atoms with van der Waals surface area (Å²) in [7, 11) is -3.26. The Hall–Kier alpha value is -1.43. The van der Waals surface area contributed by atoms with Crippen LogP contribution in [-0.4, -0.2) is 52.4 Å². The van der Waals surface area contributed by atoms with E-state index in [-0.39, 0.29) is 11.8 Å². The maximum absolute atomic E-state index is 13.0. The molecule has 2 aromatic carbocycles. The van der Waals surface area contributed by atoms with Crippen LogP contribution in [0.5, 0.6) is 0 Å². The summed E-state index contributed by atoms with van der Waals surface area (Å²) >= 11 is 0. The van der Waals surface area contributed by atoms with Gasteiger partial charge in [-0.3, -0.25) is 0 Å². The topological polar surface area (TPSA) is 43.0 Å². The van der Waals surface area contributed by atoms with Crippen LogP contribution < -0.4 is 9.80 Å². The number of rotatable bonds is 5. The molecule has 28 heavy (non-hydrogen) atoms. The number of fused-ring (bicyclic) bond motifs is 1. The van der Waals surface area contributed by atoms with Gasteiger partial charge in [0.15, 0.2) is 9.84 Å². The van der Waals surface area contributed by atoms with Crippen LogP contribution in [0, 0.1) is 0 Å². The van der Waals surface area contributed by atoms with E-state index in [1.165, 1.54) is 50.1 Å². The van der Waals surface area contributed by atoms with E-state index in [1.54, 1.807) is 11.0 Å².